The van der Waals surface area contributed by atoms with Crippen molar-refractivity contribution in [1.29, 1.82) is 0 Å². The Morgan fingerprint density at radius 3 is 2.41 bits per heavy atom. The van der Waals surface area contributed by atoms with Gasteiger partial charge in [-0.3, -0.25) is 14.5 Å². The molecule has 0 unspecified atom stereocenters. The molecule has 0 fully saturated rings. The Balaban J connectivity index is 1.98. The monoisotopic (exact) mass is 412 g/mol. The molecule has 0 saturated carbocycles. The number of hydrogen-bond acceptors (Lipinski definition) is 4. The number of para-hydroxylation sites is 1. The number of rotatable bonds is 5. The number of amides is 2. The van der Waals surface area contributed by atoms with Crippen LogP contribution in [0.2, 0.25) is 5.02 Å². The number of hydrogen-bond donors (Lipinski definition) is 1. The molecule has 150 valence electrons. The molecule has 0 radical (unpaired) electrons. The van der Waals surface area contributed by atoms with Crippen LogP contribution in [0.5, 0.6) is 0 Å². The molecule has 1 aliphatic heterocycles. The van der Waals surface area contributed by atoms with E-state index >= 15 is 0 Å². The number of ether oxygens (including phenoxy) is 1. The maximum Gasteiger partial charge on any atom is 0.336 e. The summed E-state index contributed by atoms with van der Waals surface area (Å²) in [6.07, 6.45) is -0.139. The van der Waals surface area contributed by atoms with Crippen LogP contribution >= 0.6 is 11.6 Å². The van der Waals surface area contributed by atoms with Gasteiger partial charge in [-0.05, 0) is 50.2 Å². The van der Waals surface area contributed by atoms with Crippen LogP contribution in [0.15, 0.2) is 65.9 Å². The zero-order valence-electron chi connectivity index (χ0n) is 16.1. The van der Waals surface area contributed by atoms with Crippen molar-refractivity contribution in [2.24, 2.45) is 5.92 Å². The van der Waals surface area contributed by atoms with Crippen molar-refractivity contribution in [3.8, 4) is 0 Å². The van der Waals surface area contributed by atoms with Gasteiger partial charge in [-0.1, -0.05) is 29.8 Å². The van der Waals surface area contributed by atoms with E-state index in [9.17, 15) is 14.4 Å². The maximum absolute atomic E-state index is 12.9. The molecule has 6 nitrogen and oxygen atoms in total. The van der Waals surface area contributed by atoms with Crippen molar-refractivity contribution in [3.63, 3.8) is 0 Å². The summed E-state index contributed by atoms with van der Waals surface area (Å²) in [6.45, 7) is 3.51. The van der Waals surface area contributed by atoms with Crippen LogP contribution < -0.4 is 10.2 Å². The summed E-state index contributed by atoms with van der Waals surface area (Å²) in [7, 11) is 0. The molecule has 1 aliphatic rings. The molecule has 2 aromatic rings. The third-order valence-electron chi connectivity index (χ3n) is 4.64. The summed E-state index contributed by atoms with van der Waals surface area (Å²) >= 11 is 5.88. The van der Waals surface area contributed by atoms with Crippen molar-refractivity contribution in [2.45, 2.75) is 20.3 Å². The molecule has 1 heterocycles. The summed E-state index contributed by atoms with van der Waals surface area (Å²) in [5, 5.41) is 3.29. The number of halogens is 1. The molecule has 7 heteroatoms. The fourth-order valence-corrected chi connectivity index (χ4v) is 3.45. The number of carbonyl (C=O) groups excluding carboxylic acids is 3. The molecule has 0 bridgehead atoms. The highest BCUT2D eigenvalue weighted by Crippen LogP contribution is 2.34. The van der Waals surface area contributed by atoms with Crippen LogP contribution in [0.4, 0.5) is 11.4 Å². The van der Waals surface area contributed by atoms with E-state index in [1.165, 1.54) is 4.90 Å². The number of benzene rings is 2. The molecule has 0 aromatic heterocycles. The normalized spacial score (nSPS) is 16.6. The fourth-order valence-electron chi connectivity index (χ4n) is 3.33. The lowest BCUT2D eigenvalue weighted by Crippen LogP contribution is -2.43. The quantitative estimate of drug-likeness (QED) is 0.748. The summed E-state index contributed by atoms with van der Waals surface area (Å²) in [6, 6.07) is 15.6. The Labute approximate surface area is 174 Å². The van der Waals surface area contributed by atoms with Crippen LogP contribution in [0.25, 0.3) is 0 Å². The van der Waals surface area contributed by atoms with E-state index in [0.29, 0.717) is 22.1 Å². The first-order chi connectivity index (χ1) is 13.9. The third-order valence-corrected chi connectivity index (χ3v) is 4.89. The molecule has 0 spiro atoms. The van der Waals surface area contributed by atoms with E-state index in [1.807, 2.05) is 6.07 Å². The number of carbonyl (C=O) groups is 3. The van der Waals surface area contributed by atoms with Crippen molar-refractivity contribution < 1.29 is 19.1 Å². The second-order valence-corrected chi connectivity index (χ2v) is 6.97. The smallest absolute Gasteiger partial charge is 0.336 e. The number of allylic oxidation sites excluding steroid dienone is 1. The summed E-state index contributed by atoms with van der Waals surface area (Å²) in [5.74, 6) is -2.26. The van der Waals surface area contributed by atoms with Crippen LogP contribution in [0.3, 0.4) is 0 Å². The van der Waals surface area contributed by atoms with Crippen LogP contribution in [-0.2, 0) is 19.1 Å². The van der Waals surface area contributed by atoms with Gasteiger partial charge >= 0.3 is 5.97 Å². The first kappa shape index (κ1) is 20.6. The number of nitrogens with zero attached hydrogens (tertiary/aromatic N) is 1. The van der Waals surface area contributed by atoms with Gasteiger partial charge < -0.3 is 10.1 Å². The molecule has 0 aliphatic carbocycles. The molecule has 2 aromatic carbocycles. The van der Waals surface area contributed by atoms with E-state index in [2.05, 4.69) is 5.32 Å². The lowest BCUT2D eigenvalue weighted by atomic mass is 9.88. The Morgan fingerprint density at radius 2 is 1.79 bits per heavy atom. The zero-order valence-corrected chi connectivity index (χ0v) is 16.9. The number of nitrogens with one attached hydrogen (secondary N) is 1. The Morgan fingerprint density at radius 1 is 1.14 bits per heavy atom. The first-order valence-corrected chi connectivity index (χ1v) is 9.62. The molecule has 1 N–H and O–H groups in total. The first-order valence-electron chi connectivity index (χ1n) is 9.24. The predicted molar refractivity (Wildman–Crippen MR) is 111 cm³/mol. The van der Waals surface area contributed by atoms with E-state index in [-0.39, 0.29) is 24.5 Å². The Bertz CT molecular complexity index is 955. The SMILES string of the molecule is CCOC(=O)C1=C(C)N(c2ccccc2)C(=O)C[C@H]1C(=O)Nc1ccc(Cl)cc1. The van der Waals surface area contributed by atoms with Crippen molar-refractivity contribution in [1.82, 2.24) is 0 Å². The molecule has 2 amide bonds. The lowest BCUT2D eigenvalue weighted by molar-refractivity contribution is -0.141. The van der Waals surface area contributed by atoms with E-state index in [0.717, 1.165) is 0 Å². The van der Waals surface area contributed by atoms with Crippen molar-refractivity contribution in [3.05, 3.63) is 70.9 Å². The largest absolute Gasteiger partial charge is 0.463 e. The predicted octanol–water partition coefficient (Wildman–Crippen LogP) is 4.17. The van der Waals surface area contributed by atoms with Gasteiger partial charge in [0, 0.05) is 28.5 Å². The van der Waals surface area contributed by atoms with Gasteiger partial charge in [0.05, 0.1) is 18.1 Å². The van der Waals surface area contributed by atoms with Crippen LogP contribution in [0, 0.1) is 5.92 Å². The van der Waals surface area contributed by atoms with Gasteiger partial charge in [0.1, 0.15) is 0 Å². The second-order valence-electron chi connectivity index (χ2n) is 6.54. The van der Waals surface area contributed by atoms with Crippen LogP contribution in [-0.4, -0.2) is 24.4 Å². The van der Waals surface area contributed by atoms with Gasteiger partial charge in [0.2, 0.25) is 11.8 Å². The van der Waals surface area contributed by atoms with Crippen molar-refractivity contribution >= 4 is 40.8 Å². The highest BCUT2D eigenvalue weighted by molar-refractivity contribution is 6.30. The fraction of sp³-hybridized carbons (Fsp3) is 0.227. The van der Waals surface area contributed by atoms with Crippen molar-refractivity contribution in [2.75, 3.05) is 16.8 Å². The number of anilines is 2. The molecular weight excluding hydrogens is 392 g/mol. The standard InChI is InChI=1S/C22H21ClN2O4/c1-3-29-22(28)20-14(2)25(17-7-5-4-6-8-17)19(26)13-18(20)21(27)24-16-11-9-15(23)10-12-16/h4-12,18H,3,13H2,1-2H3,(H,24,27)/t18-/m1/s1. The Kier molecular flexibility index (Phi) is 6.34. The summed E-state index contributed by atoms with van der Waals surface area (Å²) < 4.78 is 5.19. The maximum atomic E-state index is 12.9. The minimum absolute atomic E-state index is 0.139. The summed E-state index contributed by atoms with van der Waals surface area (Å²) in [5.41, 5.74) is 1.73. The van der Waals surface area contributed by atoms with Gasteiger partial charge in [-0.15, -0.1) is 0 Å². The molecular formula is C22H21ClN2O4. The summed E-state index contributed by atoms with van der Waals surface area (Å²) in [4.78, 5) is 40.0. The average molecular weight is 413 g/mol. The van der Waals surface area contributed by atoms with Gasteiger partial charge in [-0.2, -0.15) is 0 Å². The van der Waals surface area contributed by atoms with Gasteiger partial charge in [-0.25, -0.2) is 4.79 Å². The Hall–Kier alpha value is -3.12. The molecule has 1 atom stereocenters. The minimum Gasteiger partial charge on any atom is -0.463 e. The van der Waals surface area contributed by atoms with Gasteiger partial charge in [0.15, 0.2) is 0 Å². The number of esters is 1. The second kappa shape index (κ2) is 8.92. The third kappa shape index (κ3) is 4.49. The van der Waals surface area contributed by atoms with E-state index < -0.39 is 17.8 Å². The zero-order chi connectivity index (χ0) is 21.0. The topological polar surface area (TPSA) is 75.7 Å². The lowest BCUT2D eigenvalue weighted by Gasteiger charge is -2.33. The highest BCUT2D eigenvalue weighted by Gasteiger charge is 2.40. The average Bonchev–Trinajstić information content (AvgIpc) is 2.70. The molecule has 29 heavy (non-hydrogen) atoms. The molecule has 3 rings (SSSR count). The highest BCUT2D eigenvalue weighted by atomic mass is 35.5. The van der Waals surface area contributed by atoms with E-state index in [1.54, 1.807) is 62.4 Å². The van der Waals surface area contributed by atoms with Gasteiger partial charge in [0.25, 0.3) is 0 Å². The minimum atomic E-state index is -0.947. The van der Waals surface area contributed by atoms with E-state index in [4.69, 9.17) is 16.3 Å². The molecule has 0 saturated heterocycles. The van der Waals surface area contributed by atoms with Crippen LogP contribution in [0.1, 0.15) is 20.3 Å².